The molecule has 48 heavy (non-hydrogen) atoms. The van der Waals surface area contributed by atoms with E-state index in [0.29, 0.717) is 75.5 Å². The highest BCUT2D eigenvalue weighted by Gasteiger charge is 2.39. The van der Waals surface area contributed by atoms with Gasteiger partial charge in [-0.1, -0.05) is 30.3 Å². The van der Waals surface area contributed by atoms with Crippen LogP contribution in [0.5, 0.6) is 11.5 Å². The molecule has 1 aliphatic heterocycles. The average Bonchev–Trinajstić information content (AvgIpc) is 3.03. The van der Waals surface area contributed by atoms with Crippen LogP contribution in [0.4, 0.5) is 4.79 Å². The molecule has 1 fully saturated rings. The van der Waals surface area contributed by atoms with E-state index < -0.39 is 11.7 Å². The Morgan fingerprint density at radius 3 is 2.23 bits per heavy atom. The number of hydrogen-bond donors (Lipinski definition) is 0. The van der Waals surface area contributed by atoms with E-state index in [1.807, 2.05) is 88.6 Å². The van der Waals surface area contributed by atoms with E-state index in [1.165, 1.54) is 0 Å². The summed E-state index contributed by atoms with van der Waals surface area (Å²) in [6, 6.07) is 14.5. The number of benzene rings is 2. The Bertz CT molecular complexity index is 1330. The molecule has 3 rings (SSSR count). The number of nitrogens with zero attached hydrogens (tertiary/aromatic N) is 3. The van der Waals surface area contributed by atoms with Gasteiger partial charge < -0.3 is 33.6 Å². The lowest BCUT2D eigenvalue weighted by atomic mass is 9.93. The molecule has 1 unspecified atom stereocenters. The minimum Gasteiger partial charge on any atom is -0.493 e. The summed E-state index contributed by atoms with van der Waals surface area (Å²) >= 11 is 0. The van der Waals surface area contributed by atoms with Crippen LogP contribution in [0, 0.1) is 0 Å². The Labute approximate surface area is 287 Å². The highest BCUT2D eigenvalue weighted by atomic mass is 16.6. The standard InChI is InChI=1S/C38H57N3O7/c1-27(2)39(35(42)24-29-14-11-10-12-15-29)21-20-31-17-18-32(26-40(31)37(44)48-38(5,6)7)41(28(3)4)36(43)30-16-19-33(46-9)34(25-30)47-23-13-22-45-8/h10-12,14-16,19,25,27-28,31-32H,13,17-18,20-24,26H2,1-9H3/t31?,32-/m1/s1. The number of amides is 3. The number of methoxy groups -OCH3 is 2. The lowest BCUT2D eigenvalue weighted by Crippen LogP contribution is -2.58. The first kappa shape index (κ1) is 38.7. The number of piperidine rings is 1. The van der Waals surface area contributed by atoms with Crippen molar-refractivity contribution in [2.75, 3.05) is 40.5 Å². The molecule has 0 aliphatic carbocycles. The highest BCUT2D eigenvalue weighted by molar-refractivity contribution is 5.95. The second-order valence-corrected chi connectivity index (χ2v) is 14.0. The monoisotopic (exact) mass is 667 g/mol. The van der Waals surface area contributed by atoms with Gasteiger partial charge in [0.05, 0.1) is 26.2 Å². The normalized spacial score (nSPS) is 16.5. The van der Waals surface area contributed by atoms with Crippen molar-refractivity contribution in [2.24, 2.45) is 0 Å². The molecule has 2 aromatic carbocycles. The van der Waals surface area contributed by atoms with E-state index in [2.05, 4.69) is 0 Å². The van der Waals surface area contributed by atoms with Crippen LogP contribution in [-0.4, -0.2) is 103 Å². The molecule has 0 saturated carbocycles. The zero-order chi connectivity index (χ0) is 35.4. The summed E-state index contributed by atoms with van der Waals surface area (Å²) in [4.78, 5) is 46.8. The van der Waals surface area contributed by atoms with Gasteiger partial charge in [0.1, 0.15) is 5.60 Å². The molecule has 266 valence electrons. The third-order valence-electron chi connectivity index (χ3n) is 8.50. The van der Waals surface area contributed by atoms with Crippen molar-refractivity contribution in [1.29, 1.82) is 0 Å². The van der Waals surface area contributed by atoms with Crippen molar-refractivity contribution in [1.82, 2.24) is 14.7 Å². The number of ether oxygens (including phenoxy) is 4. The first-order valence-electron chi connectivity index (χ1n) is 17.2. The summed E-state index contributed by atoms with van der Waals surface area (Å²) in [6.45, 7) is 15.4. The molecule has 0 N–H and O–H groups in total. The smallest absolute Gasteiger partial charge is 0.410 e. The van der Waals surface area contributed by atoms with Gasteiger partial charge in [0.25, 0.3) is 5.91 Å². The largest absolute Gasteiger partial charge is 0.493 e. The van der Waals surface area contributed by atoms with Crippen LogP contribution in [-0.2, 0) is 20.7 Å². The molecule has 2 aromatic rings. The first-order valence-corrected chi connectivity index (χ1v) is 17.2. The summed E-state index contributed by atoms with van der Waals surface area (Å²) in [5.41, 5.74) is 0.784. The third-order valence-corrected chi connectivity index (χ3v) is 8.50. The highest BCUT2D eigenvalue weighted by Crippen LogP contribution is 2.32. The molecule has 1 saturated heterocycles. The van der Waals surface area contributed by atoms with Crippen molar-refractivity contribution < 1.29 is 33.3 Å². The Hall–Kier alpha value is -3.79. The Morgan fingerprint density at radius 2 is 1.62 bits per heavy atom. The third kappa shape index (κ3) is 11.1. The van der Waals surface area contributed by atoms with Crippen LogP contribution in [0.2, 0.25) is 0 Å². The van der Waals surface area contributed by atoms with Gasteiger partial charge in [-0.05, 0) is 91.5 Å². The summed E-state index contributed by atoms with van der Waals surface area (Å²) < 4.78 is 22.5. The van der Waals surface area contributed by atoms with E-state index in [9.17, 15) is 14.4 Å². The fraction of sp³-hybridized carbons (Fsp3) is 0.605. The van der Waals surface area contributed by atoms with E-state index in [0.717, 1.165) is 5.56 Å². The summed E-state index contributed by atoms with van der Waals surface area (Å²) in [5, 5.41) is 0. The SMILES string of the molecule is COCCCOc1cc(C(=O)N(C(C)C)[C@@H]2CCC(CCN(C(=O)Cc3ccccc3)C(C)C)N(C(=O)OC(C)(C)C)C2)ccc1OC. The van der Waals surface area contributed by atoms with Crippen LogP contribution in [0.3, 0.4) is 0 Å². The maximum atomic E-state index is 14.1. The number of rotatable bonds is 15. The van der Waals surface area contributed by atoms with Crippen molar-refractivity contribution >= 4 is 17.9 Å². The van der Waals surface area contributed by atoms with Crippen molar-refractivity contribution in [3.63, 3.8) is 0 Å². The van der Waals surface area contributed by atoms with Crippen molar-refractivity contribution in [3.8, 4) is 11.5 Å². The van der Waals surface area contributed by atoms with Gasteiger partial charge in [0.15, 0.2) is 11.5 Å². The molecule has 3 amide bonds. The summed E-state index contributed by atoms with van der Waals surface area (Å²) in [5.74, 6) is 0.972. The number of hydrogen-bond acceptors (Lipinski definition) is 7. The van der Waals surface area contributed by atoms with E-state index in [4.69, 9.17) is 18.9 Å². The maximum Gasteiger partial charge on any atom is 0.410 e. The first-order chi connectivity index (χ1) is 22.7. The Balaban J connectivity index is 1.81. The minimum atomic E-state index is -0.680. The predicted octanol–water partition coefficient (Wildman–Crippen LogP) is 6.60. The molecule has 1 heterocycles. The van der Waals surface area contributed by atoms with Crippen LogP contribution in [0.1, 0.15) is 90.1 Å². The van der Waals surface area contributed by atoms with Gasteiger partial charge in [-0.2, -0.15) is 0 Å². The zero-order valence-corrected chi connectivity index (χ0v) is 30.5. The van der Waals surface area contributed by atoms with E-state index >= 15 is 0 Å². The number of carbonyl (C=O) groups is 3. The lowest BCUT2D eigenvalue weighted by molar-refractivity contribution is -0.132. The van der Waals surface area contributed by atoms with Gasteiger partial charge in [-0.15, -0.1) is 0 Å². The Kier molecular flexibility index (Phi) is 14.6. The quantitative estimate of drug-likeness (QED) is 0.198. The molecule has 0 radical (unpaired) electrons. The maximum absolute atomic E-state index is 14.1. The second kappa shape index (κ2) is 18.1. The molecular weight excluding hydrogens is 610 g/mol. The summed E-state index contributed by atoms with van der Waals surface area (Å²) in [6.07, 6.45) is 2.63. The van der Waals surface area contributed by atoms with Gasteiger partial charge in [-0.3, -0.25) is 9.59 Å². The number of likely N-dealkylation sites (tertiary alicyclic amines) is 1. The van der Waals surface area contributed by atoms with Crippen LogP contribution < -0.4 is 9.47 Å². The molecule has 0 spiro atoms. The zero-order valence-electron chi connectivity index (χ0n) is 30.5. The van der Waals surface area contributed by atoms with Gasteiger partial charge in [-0.25, -0.2) is 4.79 Å². The van der Waals surface area contributed by atoms with Crippen molar-refractivity contribution in [3.05, 3.63) is 59.7 Å². The molecule has 0 aromatic heterocycles. The minimum absolute atomic E-state index is 0.0138. The van der Waals surface area contributed by atoms with E-state index in [1.54, 1.807) is 37.3 Å². The lowest BCUT2D eigenvalue weighted by Gasteiger charge is -2.45. The van der Waals surface area contributed by atoms with E-state index in [-0.39, 0.29) is 36.0 Å². The second-order valence-electron chi connectivity index (χ2n) is 14.0. The number of carbonyl (C=O) groups excluding carboxylic acids is 3. The molecule has 2 atom stereocenters. The van der Waals surface area contributed by atoms with Gasteiger partial charge >= 0.3 is 6.09 Å². The summed E-state index contributed by atoms with van der Waals surface area (Å²) in [7, 11) is 3.22. The molecule has 10 nitrogen and oxygen atoms in total. The Morgan fingerprint density at radius 1 is 0.917 bits per heavy atom. The predicted molar refractivity (Wildman–Crippen MR) is 188 cm³/mol. The average molecular weight is 668 g/mol. The molecular formula is C38H57N3O7. The molecule has 0 bridgehead atoms. The van der Waals surface area contributed by atoms with Crippen LogP contribution in [0.15, 0.2) is 48.5 Å². The van der Waals surface area contributed by atoms with Gasteiger partial charge in [0.2, 0.25) is 5.91 Å². The molecule has 1 aliphatic rings. The van der Waals surface area contributed by atoms with Crippen LogP contribution >= 0.6 is 0 Å². The fourth-order valence-corrected chi connectivity index (χ4v) is 6.19. The topological polar surface area (TPSA) is 97.9 Å². The fourth-order valence-electron chi connectivity index (χ4n) is 6.19. The van der Waals surface area contributed by atoms with Crippen LogP contribution in [0.25, 0.3) is 0 Å². The molecule has 10 heteroatoms. The van der Waals surface area contributed by atoms with Crippen molar-refractivity contribution in [2.45, 2.75) is 110 Å². The van der Waals surface area contributed by atoms with Gasteiger partial charge in [0, 0.05) is 56.9 Å².